The third-order valence-corrected chi connectivity index (χ3v) is 3.41. The molecule has 0 aliphatic rings. The highest BCUT2D eigenvalue weighted by molar-refractivity contribution is 6.31. The molecule has 0 aliphatic heterocycles. The van der Waals surface area contributed by atoms with Crippen LogP contribution in [0.15, 0.2) is 41.5 Å². The number of nitro groups is 1. The lowest BCUT2D eigenvalue weighted by atomic mass is 10.2. The van der Waals surface area contributed by atoms with Gasteiger partial charge in [-0.25, -0.2) is 5.43 Å². The summed E-state index contributed by atoms with van der Waals surface area (Å²) in [5, 5.41) is 27.3. The van der Waals surface area contributed by atoms with Gasteiger partial charge in [0.05, 0.1) is 24.8 Å². The van der Waals surface area contributed by atoms with E-state index < -0.39 is 22.3 Å². The summed E-state index contributed by atoms with van der Waals surface area (Å²) in [4.78, 5) is 21.8. The fourth-order valence-electron chi connectivity index (χ4n) is 1.97. The molecular formula is C16H15ClN4O5. The second-order valence-electron chi connectivity index (χ2n) is 5.00. The number of carbonyl (C=O) groups is 1. The summed E-state index contributed by atoms with van der Waals surface area (Å²) in [7, 11) is 1.54. The van der Waals surface area contributed by atoms with Crippen LogP contribution in [0.2, 0.25) is 5.02 Å². The lowest BCUT2D eigenvalue weighted by Crippen LogP contribution is -2.25. The van der Waals surface area contributed by atoms with Crippen LogP contribution in [0.3, 0.4) is 0 Å². The number of benzene rings is 2. The third-order valence-electron chi connectivity index (χ3n) is 3.20. The molecule has 9 nitrogen and oxygen atoms in total. The Morgan fingerprint density at radius 2 is 2.19 bits per heavy atom. The van der Waals surface area contributed by atoms with E-state index in [2.05, 4.69) is 15.8 Å². The average molecular weight is 379 g/mol. The van der Waals surface area contributed by atoms with Crippen LogP contribution in [0.5, 0.6) is 11.5 Å². The number of phenolic OH excluding ortho intramolecular Hbond substituents is 1. The zero-order chi connectivity index (χ0) is 19.1. The Kier molecular flexibility index (Phi) is 6.34. The van der Waals surface area contributed by atoms with Gasteiger partial charge in [0.25, 0.3) is 5.91 Å². The van der Waals surface area contributed by atoms with E-state index in [1.54, 1.807) is 24.3 Å². The SMILES string of the molecule is COc1cccc(NCC(=O)N/N=C\c2cc(Cl)cc([N+](=O)[O-])c2O)c1. The number of rotatable bonds is 7. The summed E-state index contributed by atoms with van der Waals surface area (Å²) >= 11 is 5.76. The molecule has 0 unspecified atom stereocenters. The molecule has 0 fully saturated rings. The number of anilines is 1. The van der Waals surface area contributed by atoms with E-state index in [4.69, 9.17) is 16.3 Å². The number of phenols is 1. The molecule has 0 saturated heterocycles. The molecule has 0 spiro atoms. The van der Waals surface area contributed by atoms with Gasteiger partial charge in [0.1, 0.15) is 5.75 Å². The van der Waals surface area contributed by atoms with Crippen LogP contribution < -0.4 is 15.5 Å². The molecule has 0 radical (unpaired) electrons. The molecule has 0 atom stereocenters. The van der Waals surface area contributed by atoms with Gasteiger partial charge in [-0.15, -0.1) is 0 Å². The van der Waals surface area contributed by atoms with Crippen molar-refractivity contribution in [2.24, 2.45) is 5.10 Å². The van der Waals surface area contributed by atoms with Crippen LogP contribution in [-0.4, -0.2) is 35.8 Å². The van der Waals surface area contributed by atoms with Crippen molar-refractivity contribution in [2.45, 2.75) is 0 Å². The largest absolute Gasteiger partial charge is 0.502 e. The summed E-state index contributed by atoms with van der Waals surface area (Å²) in [5.74, 6) is -0.404. The van der Waals surface area contributed by atoms with Crippen LogP contribution in [-0.2, 0) is 4.79 Å². The summed E-state index contributed by atoms with van der Waals surface area (Å²) < 4.78 is 5.08. The first-order chi connectivity index (χ1) is 12.4. The highest BCUT2D eigenvalue weighted by Crippen LogP contribution is 2.32. The topological polar surface area (TPSA) is 126 Å². The minimum Gasteiger partial charge on any atom is -0.502 e. The van der Waals surface area contributed by atoms with Gasteiger partial charge in [-0.1, -0.05) is 17.7 Å². The number of hydrogen-bond donors (Lipinski definition) is 3. The molecule has 26 heavy (non-hydrogen) atoms. The Hall–Kier alpha value is -3.33. The van der Waals surface area contributed by atoms with E-state index in [0.29, 0.717) is 11.4 Å². The van der Waals surface area contributed by atoms with Crippen LogP contribution in [0.4, 0.5) is 11.4 Å². The van der Waals surface area contributed by atoms with Gasteiger partial charge in [-0.3, -0.25) is 14.9 Å². The summed E-state index contributed by atoms with van der Waals surface area (Å²) in [6.07, 6.45) is 1.07. The van der Waals surface area contributed by atoms with Crippen LogP contribution in [0.1, 0.15) is 5.56 Å². The molecule has 136 valence electrons. The Morgan fingerprint density at radius 1 is 1.42 bits per heavy atom. The van der Waals surface area contributed by atoms with E-state index in [1.807, 2.05) is 0 Å². The van der Waals surface area contributed by atoms with Crippen LogP contribution >= 0.6 is 11.6 Å². The standard InChI is InChI=1S/C16H15ClN4O5/c1-26-13-4-2-3-12(7-13)18-9-15(22)20-19-8-10-5-11(17)6-14(16(10)23)21(24)25/h2-8,18,23H,9H2,1H3,(H,20,22)/b19-8-. The Labute approximate surface area is 153 Å². The van der Waals surface area contributed by atoms with E-state index in [-0.39, 0.29) is 17.1 Å². The second-order valence-corrected chi connectivity index (χ2v) is 5.43. The number of ether oxygens (including phenoxy) is 1. The number of hydrogen-bond acceptors (Lipinski definition) is 7. The van der Waals surface area contributed by atoms with Crippen LogP contribution in [0.25, 0.3) is 0 Å². The minimum atomic E-state index is -0.769. The zero-order valence-electron chi connectivity index (χ0n) is 13.6. The van der Waals surface area contributed by atoms with Crippen molar-refractivity contribution in [3.8, 4) is 11.5 Å². The molecule has 0 aliphatic carbocycles. The van der Waals surface area contributed by atoms with E-state index in [9.17, 15) is 20.0 Å². The third kappa shape index (κ3) is 5.08. The number of halogens is 1. The van der Waals surface area contributed by atoms with E-state index in [0.717, 1.165) is 12.3 Å². The smallest absolute Gasteiger partial charge is 0.312 e. The monoisotopic (exact) mass is 378 g/mol. The first-order valence-electron chi connectivity index (χ1n) is 7.27. The molecule has 2 aromatic carbocycles. The summed E-state index contributed by atoms with van der Waals surface area (Å²) in [6, 6.07) is 9.33. The highest BCUT2D eigenvalue weighted by atomic mass is 35.5. The number of methoxy groups -OCH3 is 1. The van der Waals surface area contributed by atoms with Gasteiger partial charge >= 0.3 is 5.69 Å². The van der Waals surface area contributed by atoms with Gasteiger partial charge in [-0.05, 0) is 18.2 Å². The zero-order valence-corrected chi connectivity index (χ0v) is 14.4. The molecule has 10 heteroatoms. The number of hydrazone groups is 1. The number of nitro benzene ring substituents is 1. The fraction of sp³-hybridized carbons (Fsp3) is 0.125. The molecule has 0 heterocycles. The fourth-order valence-corrected chi connectivity index (χ4v) is 2.19. The van der Waals surface area contributed by atoms with Gasteiger partial charge in [-0.2, -0.15) is 5.10 Å². The minimum absolute atomic E-state index is 0.00487. The van der Waals surface area contributed by atoms with Gasteiger partial charge in [0.15, 0.2) is 0 Å². The maximum absolute atomic E-state index is 11.8. The van der Waals surface area contributed by atoms with E-state index in [1.165, 1.54) is 13.2 Å². The molecule has 0 bridgehead atoms. The number of aromatic hydroxyl groups is 1. The lowest BCUT2D eigenvalue weighted by molar-refractivity contribution is -0.385. The molecule has 2 rings (SSSR count). The van der Waals surface area contributed by atoms with Crippen molar-refractivity contribution >= 4 is 35.1 Å². The first kappa shape index (κ1) is 19.0. The quantitative estimate of drug-likeness (QED) is 0.386. The molecule has 2 aromatic rings. The van der Waals surface area contributed by atoms with Gasteiger partial charge < -0.3 is 15.2 Å². The van der Waals surface area contributed by atoms with Crippen molar-refractivity contribution in [2.75, 3.05) is 19.0 Å². The van der Waals surface area contributed by atoms with E-state index >= 15 is 0 Å². The Morgan fingerprint density at radius 3 is 2.88 bits per heavy atom. The van der Waals surface area contributed by atoms with Crippen molar-refractivity contribution in [3.63, 3.8) is 0 Å². The number of nitrogens with one attached hydrogen (secondary N) is 2. The summed E-state index contributed by atoms with van der Waals surface area (Å²) in [5.41, 5.74) is 2.38. The van der Waals surface area contributed by atoms with Gasteiger partial charge in [0.2, 0.25) is 5.75 Å². The van der Waals surface area contributed by atoms with Crippen molar-refractivity contribution in [3.05, 3.63) is 57.1 Å². The lowest BCUT2D eigenvalue weighted by Gasteiger charge is -2.07. The summed E-state index contributed by atoms with van der Waals surface area (Å²) in [6.45, 7) is -0.0633. The molecule has 3 N–H and O–H groups in total. The maximum atomic E-state index is 11.8. The average Bonchev–Trinajstić information content (AvgIpc) is 2.62. The second kappa shape index (κ2) is 8.67. The molecule has 0 saturated carbocycles. The van der Waals surface area contributed by atoms with Crippen molar-refractivity contribution in [1.82, 2.24) is 5.43 Å². The van der Waals surface area contributed by atoms with Crippen molar-refractivity contribution < 1.29 is 19.6 Å². The number of nitrogens with zero attached hydrogens (tertiary/aromatic N) is 2. The number of carbonyl (C=O) groups excluding carboxylic acids is 1. The normalized spacial score (nSPS) is 10.5. The van der Waals surface area contributed by atoms with Gasteiger partial charge in [0, 0.05) is 28.4 Å². The predicted octanol–water partition coefficient (Wildman–Crippen LogP) is 2.52. The van der Waals surface area contributed by atoms with Crippen LogP contribution in [0, 0.1) is 10.1 Å². The predicted molar refractivity (Wildman–Crippen MR) is 97.0 cm³/mol. The molecule has 0 aromatic heterocycles. The van der Waals surface area contributed by atoms with Crippen molar-refractivity contribution in [1.29, 1.82) is 0 Å². The molecule has 1 amide bonds. The number of amides is 1. The maximum Gasteiger partial charge on any atom is 0.312 e. The highest BCUT2D eigenvalue weighted by Gasteiger charge is 2.17. The first-order valence-corrected chi connectivity index (χ1v) is 7.65. The molecular weight excluding hydrogens is 364 g/mol. The Bertz CT molecular complexity index is 857. The Balaban J connectivity index is 1.95.